The van der Waals surface area contributed by atoms with Crippen molar-refractivity contribution < 1.29 is 8.78 Å². The summed E-state index contributed by atoms with van der Waals surface area (Å²) in [5, 5.41) is 0. The normalized spacial score (nSPS) is 19.4. The molecule has 10 heteroatoms. The fourth-order valence-electron chi connectivity index (χ4n) is 2.82. The Morgan fingerprint density at radius 3 is 1.32 bits per heavy atom. The molecule has 4 heterocycles. The Bertz CT molecular complexity index is 1030. The highest BCUT2D eigenvalue weighted by Gasteiger charge is 2.40. The van der Waals surface area contributed by atoms with Crippen LogP contribution in [0.1, 0.15) is 45.2 Å². The van der Waals surface area contributed by atoms with Crippen LogP contribution in [0.3, 0.4) is 0 Å². The van der Waals surface area contributed by atoms with Gasteiger partial charge in [-0.05, 0) is 47.3 Å². The van der Waals surface area contributed by atoms with Gasteiger partial charge in [0.2, 0.25) is 30.4 Å². The predicted octanol–water partition coefficient (Wildman–Crippen LogP) is 10.5. The predicted molar refractivity (Wildman–Crippen MR) is 134 cm³/mol. The van der Waals surface area contributed by atoms with Crippen LogP contribution in [0.25, 0.3) is 18.8 Å². The van der Waals surface area contributed by atoms with Crippen molar-refractivity contribution >= 4 is 111 Å². The van der Waals surface area contributed by atoms with E-state index in [0.29, 0.717) is 18.8 Å². The number of benzene rings is 1. The van der Waals surface area contributed by atoms with Crippen LogP contribution in [0.15, 0.2) is 19.6 Å². The molecule has 146 valence electrons. The Morgan fingerprint density at radius 1 is 0.607 bits per heavy atom. The SMILES string of the molecule is CC1=C(C)SC(c2sc3c(F)c4sc(C5SC(C)=C(C)S5)[s+]c4c(F)c3[s+]2)S1. The van der Waals surface area contributed by atoms with E-state index < -0.39 is 0 Å². The summed E-state index contributed by atoms with van der Waals surface area (Å²) in [5.74, 6) is -0.481. The van der Waals surface area contributed by atoms with Gasteiger partial charge in [-0.15, -0.1) is 47.0 Å². The van der Waals surface area contributed by atoms with Crippen molar-refractivity contribution in [3.05, 3.63) is 39.6 Å². The molecular weight excluding hydrogens is 511 g/mol. The van der Waals surface area contributed by atoms with Crippen LogP contribution in [-0.2, 0) is 0 Å². The quantitative estimate of drug-likeness (QED) is 0.306. The molecule has 3 aromatic rings. The second-order valence-corrected chi connectivity index (χ2v) is 17.0. The van der Waals surface area contributed by atoms with Crippen LogP contribution < -0.4 is 0 Å². The molecule has 0 amide bonds. The van der Waals surface area contributed by atoms with Crippen molar-refractivity contribution in [2.24, 2.45) is 0 Å². The molecular formula is C18H14F2S8+2. The molecule has 0 nitrogen and oxygen atoms in total. The summed E-state index contributed by atoms with van der Waals surface area (Å²) >= 11 is 12.9. The number of hydrogen-bond donors (Lipinski definition) is 0. The summed E-state index contributed by atoms with van der Waals surface area (Å²) in [6.07, 6.45) is 0. The molecule has 28 heavy (non-hydrogen) atoms. The first kappa shape index (κ1) is 20.5. The molecule has 0 spiro atoms. The van der Waals surface area contributed by atoms with E-state index in [2.05, 4.69) is 27.7 Å². The van der Waals surface area contributed by atoms with Crippen molar-refractivity contribution in [3.8, 4) is 0 Å². The minimum Gasteiger partial charge on any atom is -0.199 e. The Hall–Kier alpha value is 0.580. The third kappa shape index (κ3) is 3.30. The molecule has 0 atom stereocenters. The minimum atomic E-state index is -0.241. The first-order chi connectivity index (χ1) is 13.3. The van der Waals surface area contributed by atoms with Crippen LogP contribution in [-0.4, -0.2) is 0 Å². The Balaban J connectivity index is 1.58. The fraction of sp³-hybridized carbons (Fsp3) is 0.333. The molecule has 2 aliphatic heterocycles. The third-order valence-electron chi connectivity index (χ3n) is 4.53. The Kier molecular flexibility index (Phi) is 5.57. The van der Waals surface area contributed by atoms with Gasteiger partial charge in [0.05, 0.1) is 45.3 Å². The van der Waals surface area contributed by atoms with Gasteiger partial charge in [-0.25, -0.2) is 0 Å². The zero-order valence-electron chi connectivity index (χ0n) is 15.2. The molecule has 1 aromatic carbocycles. The zero-order chi connectivity index (χ0) is 19.7. The Labute approximate surface area is 194 Å². The van der Waals surface area contributed by atoms with Gasteiger partial charge in [0.15, 0.2) is 0 Å². The summed E-state index contributed by atoms with van der Waals surface area (Å²) in [7, 11) is 0. The lowest BCUT2D eigenvalue weighted by Crippen LogP contribution is -1.79. The van der Waals surface area contributed by atoms with Crippen molar-refractivity contribution in [3.63, 3.8) is 0 Å². The molecule has 2 aliphatic rings. The van der Waals surface area contributed by atoms with Crippen molar-refractivity contribution in [1.82, 2.24) is 0 Å². The van der Waals surface area contributed by atoms with E-state index in [0.717, 1.165) is 8.38 Å². The average Bonchev–Trinajstić information content (AvgIpc) is 3.40. The van der Waals surface area contributed by atoms with Gasteiger partial charge in [0.1, 0.15) is 9.16 Å². The van der Waals surface area contributed by atoms with Gasteiger partial charge >= 0.3 is 0 Å². The maximum absolute atomic E-state index is 15.4. The van der Waals surface area contributed by atoms with E-state index in [-0.39, 0.29) is 20.8 Å². The average molecular weight is 525 g/mol. The van der Waals surface area contributed by atoms with E-state index in [1.807, 2.05) is 0 Å². The molecule has 0 unspecified atom stereocenters. The number of thioether (sulfide) groups is 4. The number of halogens is 2. The van der Waals surface area contributed by atoms with Gasteiger partial charge in [0.25, 0.3) is 8.38 Å². The molecule has 2 aromatic heterocycles. The summed E-state index contributed by atoms with van der Waals surface area (Å²) < 4.78 is 35.3. The van der Waals surface area contributed by atoms with Gasteiger partial charge < -0.3 is 0 Å². The van der Waals surface area contributed by atoms with Crippen LogP contribution in [0.4, 0.5) is 8.78 Å². The highest BCUT2D eigenvalue weighted by Crippen LogP contribution is 2.61. The van der Waals surface area contributed by atoms with Gasteiger partial charge in [-0.3, -0.25) is 0 Å². The van der Waals surface area contributed by atoms with Crippen molar-refractivity contribution in [1.29, 1.82) is 0 Å². The van der Waals surface area contributed by atoms with Gasteiger partial charge in [-0.1, -0.05) is 0 Å². The zero-order valence-corrected chi connectivity index (χ0v) is 21.7. The van der Waals surface area contributed by atoms with E-state index in [9.17, 15) is 0 Å². The standard InChI is InChI=1S/C18H14F2S8/c1-5-6(2)22-15(21-5)17-25-11-9(19)13-14(10(20)12(11)26-17)28-18(27-13)16-23-7(3)8(4)24-16/h15-16H,1-4H3/q+2. The van der Waals surface area contributed by atoms with Crippen molar-refractivity contribution in [2.75, 3.05) is 0 Å². The summed E-state index contributed by atoms with van der Waals surface area (Å²) in [6.45, 7) is 8.46. The third-order valence-corrected chi connectivity index (χ3v) is 16.9. The number of hydrogen-bond acceptors (Lipinski definition) is 6. The van der Waals surface area contributed by atoms with Crippen LogP contribution in [0.2, 0.25) is 0 Å². The smallest absolute Gasteiger partial charge is 0.199 e. The highest BCUT2D eigenvalue weighted by atomic mass is 32.2. The van der Waals surface area contributed by atoms with Gasteiger partial charge in [-0.2, -0.15) is 8.78 Å². The topological polar surface area (TPSA) is 0 Å². The largest absolute Gasteiger partial charge is 0.279 e. The van der Waals surface area contributed by atoms with E-state index in [1.54, 1.807) is 47.0 Å². The molecule has 0 saturated heterocycles. The lowest BCUT2D eigenvalue weighted by molar-refractivity contribution is 0.640. The fourth-order valence-corrected chi connectivity index (χ4v) is 14.8. The lowest BCUT2D eigenvalue weighted by Gasteiger charge is -1.96. The first-order valence-electron chi connectivity index (χ1n) is 8.35. The molecule has 0 radical (unpaired) electrons. The second-order valence-electron chi connectivity index (χ2n) is 6.35. The molecule has 5 rings (SSSR count). The molecule has 0 bridgehead atoms. The summed E-state index contributed by atoms with van der Waals surface area (Å²) in [5.41, 5.74) is 0. The lowest BCUT2D eigenvalue weighted by atomic mass is 10.3. The summed E-state index contributed by atoms with van der Waals surface area (Å²) in [4.78, 5) is 5.22. The molecule has 0 N–H and O–H groups in total. The first-order valence-corrected chi connectivity index (χ1v) is 15.1. The molecule has 0 saturated carbocycles. The Morgan fingerprint density at radius 2 is 0.964 bits per heavy atom. The molecule has 0 fully saturated rings. The van der Waals surface area contributed by atoms with Crippen molar-refractivity contribution in [2.45, 2.75) is 36.9 Å². The van der Waals surface area contributed by atoms with E-state index in [4.69, 9.17) is 0 Å². The summed E-state index contributed by atoms with van der Waals surface area (Å²) in [6, 6.07) is 0. The molecule has 0 aliphatic carbocycles. The van der Waals surface area contributed by atoms with Crippen LogP contribution in [0.5, 0.6) is 0 Å². The van der Waals surface area contributed by atoms with Crippen LogP contribution in [0, 0.1) is 11.6 Å². The number of rotatable bonds is 2. The number of fused-ring (bicyclic) bond motifs is 2. The van der Waals surface area contributed by atoms with E-state index in [1.165, 1.54) is 65.0 Å². The number of allylic oxidation sites excluding steroid dienone is 4. The van der Waals surface area contributed by atoms with Crippen LogP contribution >= 0.6 is 92.4 Å². The van der Waals surface area contributed by atoms with Gasteiger partial charge in [0, 0.05) is 0 Å². The second kappa shape index (κ2) is 7.62. The van der Waals surface area contributed by atoms with E-state index >= 15 is 8.78 Å². The minimum absolute atomic E-state index is 0.224. The highest BCUT2D eigenvalue weighted by molar-refractivity contribution is 8.23. The maximum atomic E-state index is 15.4. The maximum Gasteiger partial charge on any atom is 0.279 e. The monoisotopic (exact) mass is 524 g/mol.